The summed E-state index contributed by atoms with van der Waals surface area (Å²) in [5.74, 6) is 0. The Hall–Kier alpha value is -1.26. The van der Waals surface area contributed by atoms with E-state index in [-0.39, 0.29) is 0 Å². The highest BCUT2D eigenvalue weighted by Gasteiger charge is 2.03. The van der Waals surface area contributed by atoms with Crippen molar-refractivity contribution in [2.24, 2.45) is 4.99 Å². The van der Waals surface area contributed by atoms with Gasteiger partial charge in [0.1, 0.15) is 0 Å². The molecule has 0 amide bonds. The highest BCUT2D eigenvalue weighted by Crippen LogP contribution is 2.34. The van der Waals surface area contributed by atoms with Gasteiger partial charge in [-0.1, -0.05) is 41.0 Å². The number of nitrogens with zero attached hydrogens (tertiary/aromatic N) is 1. The quantitative estimate of drug-likeness (QED) is 0.435. The van der Waals surface area contributed by atoms with E-state index in [1.54, 1.807) is 23.1 Å². The fraction of sp³-hybridized carbons (Fsp3) is 0.0556. The van der Waals surface area contributed by atoms with Crippen molar-refractivity contribution in [3.63, 3.8) is 0 Å². The van der Waals surface area contributed by atoms with Gasteiger partial charge in [0.25, 0.3) is 0 Å². The summed E-state index contributed by atoms with van der Waals surface area (Å²) in [6.07, 6.45) is 1.88. The molecule has 23 heavy (non-hydrogen) atoms. The second-order valence-electron chi connectivity index (χ2n) is 4.85. The fourth-order valence-corrected chi connectivity index (χ4v) is 4.24. The van der Waals surface area contributed by atoms with Crippen molar-refractivity contribution in [2.75, 3.05) is 0 Å². The van der Waals surface area contributed by atoms with Crippen LogP contribution < -0.4 is 0 Å². The molecule has 5 heteroatoms. The third-order valence-electron chi connectivity index (χ3n) is 3.20. The maximum atomic E-state index is 6.12. The van der Waals surface area contributed by atoms with Crippen LogP contribution in [-0.2, 0) is 0 Å². The van der Waals surface area contributed by atoms with Crippen LogP contribution in [0, 0.1) is 6.92 Å². The van der Waals surface area contributed by atoms with Gasteiger partial charge < -0.3 is 0 Å². The van der Waals surface area contributed by atoms with Crippen molar-refractivity contribution in [1.29, 1.82) is 0 Å². The summed E-state index contributed by atoms with van der Waals surface area (Å²) in [6, 6.07) is 17.8. The van der Waals surface area contributed by atoms with Gasteiger partial charge in [-0.05, 0) is 61.0 Å². The molecular formula is C18H13Cl2NS2. The largest absolute Gasteiger partial charge is 0.255 e. The van der Waals surface area contributed by atoms with Crippen LogP contribution in [0.4, 0.5) is 5.69 Å². The van der Waals surface area contributed by atoms with Crippen molar-refractivity contribution >= 4 is 58.2 Å². The Balaban J connectivity index is 1.73. The van der Waals surface area contributed by atoms with Gasteiger partial charge in [0.15, 0.2) is 0 Å². The topological polar surface area (TPSA) is 12.4 Å². The number of rotatable bonds is 4. The van der Waals surface area contributed by atoms with E-state index in [2.05, 4.69) is 17.1 Å². The van der Waals surface area contributed by atoms with Crippen LogP contribution in [0.2, 0.25) is 10.0 Å². The highest BCUT2D eigenvalue weighted by molar-refractivity contribution is 8.01. The summed E-state index contributed by atoms with van der Waals surface area (Å²) in [5.41, 5.74) is 1.90. The van der Waals surface area contributed by atoms with Crippen LogP contribution in [0.1, 0.15) is 10.4 Å². The van der Waals surface area contributed by atoms with E-state index in [0.29, 0.717) is 0 Å². The van der Waals surface area contributed by atoms with Crippen LogP contribution in [0.5, 0.6) is 0 Å². The molecule has 116 valence electrons. The lowest BCUT2D eigenvalue weighted by molar-refractivity contribution is 1.41. The molecule has 0 aliphatic heterocycles. The molecule has 3 rings (SSSR count). The molecule has 0 saturated carbocycles. The third-order valence-corrected chi connectivity index (χ3v) is 6.03. The lowest BCUT2D eigenvalue weighted by atomic mass is 10.2. The Bertz CT molecular complexity index is 838. The van der Waals surface area contributed by atoms with Gasteiger partial charge in [-0.2, -0.15) is 0 Å². The smallest absolute Gasteiger partial charge is 0.0674 e. The number of hydrogen-bond acceptors (Lipinski definition) is 3. The zero-order chi connectivity index (χ0) is 16.2. The minimum Gasteiger partial charge on any atom is -0.255 e. The number of thiophene rings is 1. The number of aliphatic imine (C=N–C) groups is 1. The summed E-state index contributed by atoms with van der Waals surface area (Å²) >= 11 is 15.5. The standard InChI is InChI=1S/C18H13Cl2NS2/c1-12-16(20)3-2-4-17(12)21-11-15-9-10-18(23-15)22-14-7-5-13(19)6-8-14/h2-11H,1H3. The molecule has 0 unspecified atom stereocenters. The molecule has 0 spiro atoms. The first-order valence-corrected chi connectivity index (χ1v) is 9.33. The molecule has 0 fully saturated rings. The predicted molar refractivity (Wildman–Crippen MR) is 103 cm³/mol. The van der Waals surface area contributed by atoms with Crippen molar-refractivity contribution in [2.45, 2.75) is 16.0 Å². The SMILES string of the molecule is Cc1c(Cl)cccc1N=Cc1ccc(Sc2ccc(Cl)cc2)s1. The normalized spacial score (nSPS) is 11.3. The van der Waals surface area contributed by atoms with Crippen LogP contribution in [0.3, 0.4) is 0 Å². The molecule has 0 bridgehead atoms. The van der Waals surface area contributed by atoms with Gasteiger partial charge in [-0.3, -0.25) is 4.99 Å². The average molecular weight is 378 g/mol. The van der Waals surface area contributed by atoms with Gasteiger partial charge in [0.05, 0.1) is 9.90 Å². The molecule has 0 radical (unpaired) electrons. The maximum Gasteiger partial charge on any atom is 0.0674 e. The lowest BCUT2D eigenvalue weighted by Gasteiger charge is -2.00. The lowest BCUT2D eigenvalue weighted by Crippen LogP contribution is -1.78. The number of halogens is 2. The second-order valence-corrected chi connectivity index (χ2v) is 8.19. The number of hydrogen-bond donors (Lipinski definition) is 0. The first-order valence-electron chi connectivity index (χ1n) is 6.94. The van der Waals surface area contributed by atoms with Gasteiger partial charge in [-0.15, -0.1) is 11.3 Å². The maximum absolute atomic E-state index is 6.12. The third kappa shape index (κ3) is 4.39. The van der Waals surface area contributed by atoms with Crippen LogP contribution in [0.15, 0.2) is 68.7 Å². The van der Waals surface area contributed by atoms with E-state index in [9.17, 15) is 0 Å². The summed E-state index contributed by atoms with van der Waals surface area (Å²) in [4.78, 5) is 6.83. The van der Waals surface area contributed by atoms with E-state index in [4.69, 9.17) is 23.2 Å². The average Bonchev–Trinajstić information content (AvgIpc) is 2.99. The molecule has 0 N–H and O–H groups in total. The molecule has 1 heterocycles. The molecular weight excluding hydrogens is 365 g/mol. The van der Waals surface area contributed by atoms with Crippen LogP contribution in [-0.4, -0.2) is 6.21 Å². The van der Waals surface area contributed by atoms with Gasteiger partial charge in [0.2, 0.25) is 0 Å². The van der Waals surface area contributed by atoms with Gasteiger partial charge in [-0.25, -0.2) is 0 Å². The van der Waals surface area contributed by atoms with Gasteiger partial charge >= 0.3 is 0 Å². The van der Waals surface area contributed by atoms with E-state index in [0.717, 1.165) is 26.2 Å². The molecule has 0 saturated heterocycles. The Morgan fingerprint density at radius 3 is 2.57 bits per heavy atom. The van der Waals surface area contributed by atoms with Crippen LogP contribution >= 0.6 is 46.3 Å². The molecule has 1 nitrogen and oxygen atoms in total. The summed E-state index contributed by atoms with van der Waals surface area (Å²) in [7, 11) is 0. The minimum atomic E-state index is 0.741. The van der Waals surface area contributed by atoms with Gasteiger partial charge in [0, 0.05) is 26.0 Å². The molecule has 0 aliphatic carbocycles. The highest BCUT2D eigenvalue weighted by atomic mass is 35.5. The molecule has 1 aromatic heterocycles. The monoisotopic (exact) mass is 377 g/mol. The van der Waals surface area contributed by atoms with E-state index < -0.39 is 0 Å². The van der Waals surface area contributed by atoms with Crippen LogP contribution in [0.25, 0.3) is 0 Å². The summed E-state index contributed by atoms with van der Waals surface area (Å²) in [5, 5.41) is 1.50. The zero-order valence-corrected chi connectivity index (χ0v) is 15.4. The van der Waals surface area contributed by atoms with E-state index >= 15 is 0 Å². The van der Waals surface area contributed by atoms with Crippen molar-refractivity contribution in [1.82, 2.24) is 0 Å². The minimum absolute atomic E-state index is 0.741. The van der Waals surface area contributed by atoms with E-state index in [1.807, 2.05) is 55.6 Å². The Morgan fingerprint density at radius 1 is 1.00 bits per heavy atom. The van der Waals surface area contributed by atoms with Crippen molar-refractivity contribution < 1.29 is 0 Å². The van der Waals surface area contributed by atoms with Crippen molar-refractivity contribution in [3.05, 3.63) is 75.1 Å². The first-order chi connectivity index (χ1) is 11.1. The molecule has 2 aromatic carbocycles. The van der Waals surface area contributed by atoms with E-state index in [1.165, 1.54) is 9.10 Å². The number of benzene rings is 2. The first kappa shape index (κ1) is 16.6. The Kier molecular flexibility index (Phi) is 5.44. The predicted octanol–water partition coefficient (Wildman–Crippen LogP) is 7.27. The molecule has 0 atom stereocenters. The Labute approximate surface area is 154 Å². The zero-order valence-electron chi connectivity index (χ0n) is 12.3. The Morgan fingerprint density at radius 2 is 1.78 bits per heavy atom. The molecule has 3 aromatic rings. The fourth-order valence-electron chi connectivity index (χ4n) is 1.95. The molecule has 0 aliphatic rings. The second kappa shape index (κ2) is 7.54. The summed E-state index contributed by atoms with van der Waals surface area (Å²) in [6.45, 7) is 1.98. The summed E-state index contributed by atoms with van der Waals surface area (Å²) < 4.78 is 1.22. The van der Waals surface area contributed by atoms with Crippen molar-refractivity contribution in [3.8, 4) is 0 Å².